The first-order valence-corrected chi connectivity index (χ1v) is 6.21. The molecule has 1 aliphatic heterocycles. The molecular formula is C12H15N5O2. The Labute approximate surface area is 109 Å². The van der Waals surface area contributed by atoms with E-state index in [1.165, 1.54) is 6.33 Å². The summed E-state index contributed by atoms with van der Waals surface area (Å²) >= 11 is 0. The fraction of sp³-hybridized carbons (Fsp3) is 0.500. The number of hydrogen-bond donors (Lipinski definition) is 1. The molecule has 0 amide bonds. The van der Waals surface area contributed by atoms with E-state index in [1.807, 2.05) is 18.9 Å². The van der Waals surface area contributed by atoms with Crippen molar-refractivity contribution in [3.05, 3.63) is 12.5 Å². The van der Waals surface area contributed by atoms with Gasteiger partial charge in [-0.3, -0.25) is 9.48 Å². The van der Waals surface area contributed by atoms with E-state index in [4.69, 9.17) is 0 Å². The maximum absolute atomic E-state index is 11.2. The van der Waals surface area contributed by atoms with Gasteiger partial charge in [0, 0.05) is 19.6 Å². The molecule has 0 aromatic carbocycles. The quantitative estimate of drug-likeness (QED) is 0.855. The van der Waals surface area contributed by atoms with Gasteiger partial charge in [-0.2, -0.15) is 5.10 Å². The summed E-state index contributed by atoms with van der Waals surface area (Å²) in [6.07, 6.45) is 3.87. The molecule has 1 saturated heterocycles. The van der Waals surface area contributed by atoms with Crippen LogP contribution in [0.1, 0.15) is 13.3 Å². The van der Waals surface area contributed by atoms with Crippen molar-refractivity contribution >= 4 is 22.8 Å². The van der Waals surface area contributed by atoms with E-state index in [1.54, 1.807) is 10.9 Å². The summed E-state index contributed by atoms with van der Waals surface area (Å²) in [5.74, 6) is -0.317. The number of aliphatic carboxylic acids is 1. The molecule has 0 radical (unpaired) electrons. The predicted molar refractivity (Wildman–Crippen MR) is 68.9 cm³/mol. The van der Waals surface area contributed by atoms with Gasteiger partial charge in [0.1, 0.15) is 12.1 Å². The number of carbonyl (C=O) groups is 1. The molecule has 2 aromatic heterocycles. The van der Waals surface area contributed by atoms with Crippen LogP contribution < -0.4 is 4.90 Å². The van der Waals surface area contributed by atoms with Crippen molar-refractivity contribution in [1.82, 2.24) is 19.7 Å². The van der Waals surface area contributed by atoms with Crippen molar-refractivity contribution in [2.45, 2.75) is 19.4 Å². The molecule has 1 aliphatic rings. The third kappa shape index (κ3) is 1.73. The largest absolute Gasteiger partial charge is 0.481 e. The van der Waals surface area contributed by atoms with Crippen LogP contribution in [-0.4, -0.2) is 43.4 Å². The van der Waals surface area contributed by atoms with Crippen molar-refractivity contribution in [2.24, 2.45) is 13.0 Å². The predicted octanol–water partition coefficient (Wildman–Crippen LogP) is 0.663. The standard InChI is InChI=1S/C12H15N5O2/c1-7-8(12(18)19)3-4-17(7)11-9-5-15-16(2)10(9)13-6-14-11/h5-8H,3-4H2,1-2H3,(H,18,19). The maximum atomic E-state index is 11.2. The SMILES string of the molecule is CC1C(C(=O)O)CCN1c1ncnc2c1cnn2C. The zero-order chi connectivity index (χ0) is 13.6. The normalized spacial score (nSPS) is 23.2. The van der Waals surface area contributed by atoms with E-state index >= 15 is 0 Å². The minimum Gasteiger partial charge on any atom is -0.481 e. The van der Waals surface area contributed by atoms with Crippen molar-refractivity contribution in [1.29, 1.82) is 0 Å². The average Bonchev–Trinajstić information content (AvgIpc) is 2.94. The number of rotatable bonds is 2. The summed E-state index contributed by atoms with van der Waals surface area (Å²) in [4.78, 5) is 21.7. The molecule has 7 heteroatoms. The molecule has 1 N–H and O–H groups in total. The molecule has 0 bridgehead atoms. The Hall–Kier alpha value is -2.18. The summed E-state index contributed by atoms with van der Waals surface area (Å²) in [6, 6.07) is -0.0733. The second kappa shape index (κ2) is 4.18. The van der Waals surface area contributed by atoms with Gasteiger partial charge in [0.05, 0.1) is 17.5 Å². The molecule has 19 heavy (non-hydrogen) atoms. The van der Waals surface area contributed by atoms with E-state index in [-0.39, 0.29) is 12.0 Å². The van der Waals surface area contributed by atoms with Crippen LogP contribution in [0.3, 0.4) is 0 Å². The van der Waals surface area contributed by atoms with Gasteiger partial charge in [0.2, 0.25) is 0 Å². The Morgan fingerprint density at radius 1 is 1.47 bits per heavy atom. The third-order valence-electron chi connectivity index (χ3n) is 3.85. The van der Waals surface area contributed by atoms with Crippen LogP contribution in [0, 0.1) is 5.92 Å². The lowest BCUT2D eigenvalue weighted by Gasteiger charge is -2.24. The lowest BCUT2D eigenvalue weighted by Crippen LogP contribution is -2.33. The van der Waals surface area contributed by atoms with Crippen molar-refractivity contribution < 1.29 is 9.90 Å². The van der Waals surface area contributed by atoms with Gasteiger partial charge in [0.25, 0.3) is 0 Å². The molecule has 2 aromatic rings. The fourth-order valence-corrected chi connectivity index (χ4v) is 2.75. The number of carboxylic acid groups (broad SMARTS) is 1. The van der Waals surface area contributed by atoms with Crippen LogP contribution in [0.4, 0.5) is 5.82 Å². The van der Waals surface area contributed by atoms with Crippen molar-refractivity contribution in [2.75, 3.05) is 11.4 Å². The first kappa shape index (κ1) is 11.9. The first-order valence-electron chi connectivity index (χ1n) is 6.21. The van der Waals surface area contributed by atoms with Gasteiger partial charge in [-0.25, -0.2) is 9.97 Å². The van der Waals surface area contributed by atoms with Crippen LogP contribution in [0.5, 0.6) is 0 Å². The van der Waals surface area contributed by atoms with Gasteiger partial charge in [-0.15, -0.1) is 0 Å². The summed E-state index contributed by atoms with van der Waals surface area (Å²) in [7, 11) is 1.83. The lowest BCUT2D eigenvalue weighted by molar-refractivity contribution is -0.141. The highest BCUT2D eigenvalue weighted by Crippen LogP contribution is 2.32. The molecular weight excluding hydrogens is 246 g/mol. The Balaban J connectivity index is 2.04. The van der Waals surface area contributed by atoms with E-state index in [2.05, 4.69) is 15.1 Å². The van der Waals surface area contributed by atoms with Gasteiger partial charge in [0.15, 0.2) is 5.65 Å². The maximum Gasteiger partial charge on any atom is 0.308 e. The molecule has 1 fully saturated rings. The number of fused-ring (bicyclic) bond motifs is 1. The minimum atomic E-state index is -0.744. The lowest BCUT2D eigenvalue weighted by atomic mass is 10.0. The van der Waals surface area contributed by atoms with Crippen molar-refractivity contribution in [3.63, 3.8) is 0 Å². The van der Waals surface area contributed by atoms with Crippen LogP contribution in [0.2, 0.25) is 0 Å². The number of aromatic nitrogens is 4. The molecule has 0 aliphatic carbocycles. The minimum absolute atomic E-state index is 0.0733. The number of hydrogen-bond acceptors (Lipinski definition) is 5. The van der Waals surface area contributed by atoms with Crippen molar-refractivity contribution in [3.8, 4) is 0 Å². The number of carboxylic acids is 1. The number of aryl methyl sites for hydroxylation is 1. The number of anilines is 1. The Morgan fingerprint density at radius 3 is 2.95 bits per heavy atom. The molecule has 7 nitrogen and oxygen atoms in total. The van der Waals surface area contributed by atoms with E-state index in [9.17, 15) is 9.90 Å². The van der Waals surface area contributed by atoms with Gasteiger partial charge < -0.3 is 10.0 Å². The molecule has 100 valence electrons. The second-order valence-corrected chi connectivity index (χ2v) is 4.87. The zero-order valence-electron chi connectivity index (χ0n) is 10.8. The third-order valence-corrected chi connectivity index (χ3v) is 3.85. The Kier molecular flexibility index (Phi) is 2.62. The molecule has 3 heterocycles. The highest BCUT2D eigenvalue weighted by molar-refractivity contribution is 5.87. The van der Waals surface area contributed by atoms with E-state index in [0.717, 1.165) is 16.9 Å². The van der Waals surface area contributed by atoms with Crippen LogP contribution in [0.15, 0.2) is 12.5 Å². The summed E-state index contributed by atoms with van der Waals surface area (Å²) in [5, 5.41) is 14.2. The molecule has 2 atom stereocenters. The number of nitrogens with zero attached hydrogens (tertiary/aromatic N) is 5. The smallest absolute Gasteiger partial charge is 0.308 e. The van der Waals surface area contributed by atoms with Gasteiger partial charge in [-0.1, -0.05) is 0 Å². The highest BCUT2D eigenvalue weighted by Gasteiger charge is 2.37. The van der Waals surface area contributed by atoms with E-state index in [0.29, 0.717) is 13.0 Å². The molecule has 0 saturated carbocycles. The molecule has 3 rings (SSSR count). The van der Waals surface area contributed by atoms with Crippen LogP contribution in [0.25, 0.3) is 11.0 Å². The van der Waals surface area contributed by atoms with Crippen LogP contribution in [-0.2, 0) is 11.8 Å². The molecule has 2 unspecified atom stereocenters. The topological polar surface area (TPSA) is 84.1 Å². The fourth-order valence-electron chi connectivity index (χ4n) is 2.75. The summed E-state index contributed by atoms with van der Waals surface area (Å²) < 4.78 is 1.69. The first-order chi connectivity index (χ1) is 9.09. The van der Waals surface area contributed by atoms with Gasteiger partial charge in [-0.05, 0) is 13.3 Å². The van der Waals surface area contributed by atoms with Gasteiger partial charge >= 0.3 is 5.97 Å². The summed E-state index contributed by atoms with van der Waals surface area (Å²) in [5.41, 5.74) is 0.760. The second-order valence-electron chi connectivity index (χ2n) is 4.87. The monoisotopic (exact) mass is 261 g/mol. The van der Waals surface area contributed by atoms with Crippen LogP contribution >= 0.6 is 0 Å². The molecule has 0 spiro atoms. The highest BCUT2D eigenvalue weighted by atomic mass is 16.4. The Morgan fingerprint density at radius 2 is 2.26 bits per heavy atom. The summed E-state index contributed by atoms with van der Waals surface area (Å²) in [6.45, 7) is 2.62. The average molecular weight is 261 g/mol. The van der Waals surface area contributed by atoms with E-state index < -0.39 is 5.97 Å². The Bertz CT molecular complexity index is 638. The zero-order valence-corrected chi connectivity index (χ0v) is 10.8.